The number of nitrogens with zero attached hydrogens (tertiary/aromatic N) is 7. The average Bonchev–Trinajstić information content (AvgIpc) is 3.52. The van der Waals surface area contributed by atoms with E-state index in [1.807, 2.05) is 74.8 Å². The summed E-state index contributed by atoms with van der Waals surface area (Å²) in [5, 5.41) is 12.1. The lowest BCUT2D eigenvalue weighted by atomic mass is 10.0. The summed E-state index contributed by atoms with van der Waals surface area (Å²) in [7, 11) is 1.83. The van der Waals surface area contributed by atoms with Crippen LogP contribution in [0, 0.1) is 11.8 Å². The summed E-state index contributed by atoms with van der Waals surface area (Å²) in [6.45, 7) is 2.38. The fourth-order valence-corrected chi connectivity index (χ4v) is 4.57. The van der Waals surface area contributed by atoms with Gasteiger partial charge in [-0.15, -0.1) is 5.10 Å². The first kappa shape index (κ1) is 24.1. The Kier molecular flexibility index (Phi) is 6.11. The van der Waals surface area contributed by atoms with Crippen LogP contribution >= 0.6 is 0 Å². The normalized spacial score (nSPS) is 11.9. The fraction of sp³-hybridized carbons (Fsp3) is 0.138. The molecule has 1 atom stereocenters. The summed E-state index contributed by atoms with van der Waals surface area (Å²) in [6.07, 6.45) is 5.34. The molecular weight excluding hydrogens is 490 g/mol. The highest BCUT2D eigenvalue weighted by Crippen LogP contribution is 2.26. The highest BCUT2D eigenvalue weighted by atomic mass is 16.1. The van der Waals surface area contributed by atoms with Crippen LogP contribution < -0.4 is 16.6 Å². The van der Waals surface area contributed by atoms with Crippen LogP contribution in [0.15, 0.2) is 84.0 Å². The van der Waals surface area contributed by atoms with Crippen LogP contribution in [0.5, 0.6) is 0 Å². The first-order valence-corrected chi connectivity index (χ1v) is 12.4. The number of nitrogen functional groups attached to an aromatic ring is 1. The highest BCUT2D eigenvalue weighted by molar-refractivity contribution is 5.68. The second kappa shape index (κ2) is 9.89. The Labute approximate surface area is 223 Å². The van der Waals surface area contributed by atoms with E-state index in [0.717, 1.165) is 11.1 Å². The third-order valence-corrected chi connectivity index (χ3v) is 6.49. The van der Waals surface area contributed by atoms with Gasteiger partial charge in [-0.3, -0.25) is 13.9 Å². The molecule has 6 rings (SSSR count). The molecule has 39 heavy (non-hydrogen) atoms. The lowest BCUT2D eigenvalue weighted by molar-refractivity contribution is 0.564. The van der Waals surface area contributed by atoms with Crippen LogP contribution in [0.25, 0.3) is 22.4 Å². The van der Waals surface area contributed by atoms with Gasteiger partial charge < -0.3 is 11.1 Å². The minimum atomic E-state index is -0.292. The number of pyridine rings is 1. The Bertz CT molecular complexity index is 1940. The Morgan fingerprint density at radius 2 is 1.85 bits per heavy atom. The van der Waals surface area contributed by atoms with Gasteiger partial charge in [-0.1, -0.05) is 36.4 Å². The molecule has 5 aromatic heterocycles. The van der Waals surface area contributed by atoms with Crippen molar-refractivity contribution in [3.05, 3.63) is 112 Å². The maximum absolute atomic E-state index is 14.1. The monoisotopic (exact) mass is 515 g/mol. The molecule has 0 spiro atoms. The molecule has 0 aliphatic heterocycles. The topological polar surface area (TPSA) is 120 Å². The lowest BCUT2D eigenvalue weighted by Crippen LogP contribution is -2.27. The summed E-state index contributed by atoms with van der Waals surface area (Å²) >= 11 is 0. The van der Waals surface area contributed by atoms with Crippen molar-refractivity contribution in [3.8, 4) is 23.0 Å². The maximum atomic E-state index is 14.1. The van der Waals surface area contributed by atoms with Crippen LogP contribution in [-0.2, 0) is 13.6 Å². The third-order valence-electron chi connectivity index (χ3n) is 6.49. The van der Waals surface area contributed by atoms with E-state index in [2.05, 4.69) is 32.3 Å². The molecule has 1 unspecified atom stereocenters. The number of anilines is 1. The standard InChI is InChI=1S/C29H25N9O/c1-19(32-18-23-27(30)35-37-16-7-15-31-28(23)37)26-25(20-8-4-3-5-9-20)29(39)38-22(10-6-11-24(38)33-26)13-12-21-14-17-36(2)34-21/h3-11,14-17,19,32H,18H2,1-2H3,(H2,30,35). The minimum Gasteiger partial charge on any atom is -0.382 e. The number of fused-ring (bicyclic) bond motifs is 2. The molecule has 0 aliphatic carbocycles. The van der Waals surface area contributed by atoms with E-state index in [1.54, 1.807) is 32.1 Å². The highest BCUT2D eigenvalue weighted by Gasteiger charge is 2.21. The van der Waals surface area contributed by atoms with Crippen LogP contribution in [0.1, 0.15) is 35.6 Å². The van der Waals surface area contributed by atoms with Crippen molar-refractivity contribution in [2.45, 2.75) is 19.5 Å². The van der Waals surface area contributed by atoms with Crippen molar-refractivity contribution in [1.82, 2.24) is 39.1 Å². The van der Waals surface area contributed by atoms with Crippen molar-refractivity contribution < 1.29 is 0 Å². The number of aryl methyl sites for hydroxylation is 1. The summed E-state index contributed by atoms with van der Waals surface area (Å²) in [4.78, 5) is 23.5. The van der Waals surface area contributed by atoms with E-state index < -0.39 is 0 Å². The van der Waals surface area contributed by atoms with E-state index in [1.165, 1.54) is 0 Å². The Hall–Kier alpha value is -5.27. The van der Waals surface area contributed by atoms with Gasteiger partial charge in [0, 0.05) is 38.2 Å². The number of rotatable bonds is 5. The average molecular weight is 516 g/mol. The predicted octanol–water partition coefficient (Wildman–Crippen LogP) is 2.97. The molecule has 0 fully saturated rings. The van der Waals surface area contributed by atoms with E-state index in [9.17, 15) is 4.79 Å². The Morgan fingerprint density at radius 3 is 2.64 bits per heavy atom. The van der Waals surface area contributed by atoms with Gasteiger partial charge in [0.15, 0.2) is 11.5 Å². The van der Waals surface area contributed by atoms with Gasteiger partial charge in [-0.2, -0.15) is 5.10 Å². The summed E-state index contributed by atoms with van der Waals surface area (Å²) in [5.41, 5.74) is 11.0. The van der Waals surface area contributed by atoms with Crippen LogP contribution in [0.2, 0.25) is 0 Å². The molecule has 1 aromatic carbocycles. The second-order valence-corrected chi connectivity index (χ2v) is 9.13. The zero-order chi connectivity index (χ0) is 26.9. The Morgan fingerprint density at radius 1 is 1.00 bits per heavy atom. The molecule has 0 bridgehead atoms. The molecule has 0 amide bonds. The summed E-state index contributed by atoms with van der Waals surface area (Å²) in [5.74, 6) is 6.55. The molecule has 0 saturated carbocycles. The number of hydrogen-bond acceptors (Lipinski definition) is 7. The van der Waals surface area contributed by atoms with Crippen LogP contribution in [0.4, 0.5) is 5.82 Å². The van der Waals surface area contributed by atoms with E-state index in [4.69, 9.17) is 10.7 Å². The smallest absolute Gasteiger partial charge is 0.267 e. The maximum Gasteiger partial charge on any atom is 0.267 e. The molecule has 0 aliphatic rings. The number of aromatic nitrogens is 7. The molecule has 3 N–H and O–H groups in total. The number of hydrogen-bond donors (Lipinski definition) is 2. The fourth-order valence-electron chi connectivity index (χ4n) is 4.57. The van der Waals surface area contributed by atoms with Gasteiger partial charge in [-0.05, 0) is 48.6 Å². The molecular formula is C29H25N9O. The largest absolute Gasteiger partial charge is 0.382 e. The molecule has 5 heterocycles. The quantitative estimate of drug-likeness (QED) is 0.339. The van der Waals surface area contributed by atoms with Crippen LogP contribution in [-0.4, -0.2) is 33.8 Å². The van der Waals surface area contributed by atoms with E-state index in [0.29, 0.717) is 46.3 Å². The van der Waals surface area contributed by atoms with Gasteiger partial charge in [0.1, 0.15) is 17.0 Å². The SMILES string of the molecule is CC(NCc1c(N)nn2cccnc12)c1nc2cccc(C#Cc3ccn(C)n3)n2c(=O)c1-c1ccccc1. The summed E-state index contributed by atoms with van der Waals surface area (Å²) in [6, 6.07) is 18.4. The number of nitrogens with two attached hydrogens (primary N) is 1. The molecule has 6 aromatic rings. The lowest BCUT2D eigenvalue weighted by Gasteiger charge is -2.18. The Balaban J connectivity index is 1.45. The van der Waals surface area contributed by atoms with Crippen molar-refractivity contribution in [2.24, 2.45) is 7.05 Å². The summed E-state index contributed by atoms with van der Waals surface area (Å²) < 4.78 is 4.90. The molecule has 10 heteroatoms. The number of nitrogens with one attached hydrogen (secondary N) is 1. The van der Waals surface area contributed by atoms with Gasteiger partial charge in [0.25, 0.3) is 5.56 Å². The van der Waals surface area contributed by atoms with Crippen LogP contribution in [0.3, 0.4) is 0 Å². The molecule has 0 radical (unpaired) electrons. The van der Waals surface area contributed by atoms with Crippen molar-refractivity contribution in [2.75, 3.05) is 5.73 Å². The molecule has 192 valence electrons. The zero-order valence-corrected chi connectivity index (χ0v) is 21.4. The van der Waals surface area contributed by atoms with E-state index in [-0.39, 0.29) is 11.6 Å². The van der Waals surface area contributed by atoms with Gasteiger partial charge in [0.05, 0.1) is 16.8 Å². The predicted molar refractivity (Wildman–Crippen MR) is 149 cm³/mol. The first-order chi connectivity index (χ1) is 19.0. The number of benzene rings is 1. The van der Waals surface area contributed by atoms with Crippen molar-refractivity contribution >= 4 is 17.1 Å². The molecule has 0 saturated heterocycles. The third kappa shape index (κ3) is 4.52. The second-order valence-electron chi connectivity index (χ2n) is 9.13. The van der Waals surface area contributed by atoms with E-state index >= 15 is 0 Å². The first-order valence-electron chi connectivity index (χ1n) is 12.4. The van der Waals surface area contributed by atoms with Gasteiger partial charge >= 0.3 is 0 Å². The van der Waals surface area contributed by atoms with Gasteiger partial charge in [-0.25, -0.2) is 14.5 Å². The van der Waals surface area contributed by atoms with Gasteiger partial charge in [0.2, 0.25) is 0 Å². The molecule has 10 nitrogen and oxygen atoms in total. The minimum absolute atomic E-state index is 0.196. The zero-order valence-electron chi connectivity index (χ0n) is 21.4. The van der Waals surface area contributed by atoms with Crippen molar-refractivity contribution in [3.63, 3.8) is 0 Å². The van der Waals surface area contributed by atoms with Crippen molar-refractivity contribution in [1.29, 1.82) is 0 Å².